The van der Waals surface area contributed by atoms with Crippen LogP contribution in [0.5, 0.6) is 5.75 Å². The Morgan fingerprint density at radius 2 is 2.08 bits per heavy atom. The molecule has 0 aliphatic carbocycles. The molecular weight excluding hydrogens is 334 g/mol. The van der Waals surface area contributed by atoms with Crippen molar-refractivity contribution in [2.75, 3.05) is 13.7 Å². The summed E-state index contributed by atoms with van der Waals surface area (Å²) in [4.78, 5) is 26.4. The van der Waals surface area contributed by atoms with Crippen molar-refractivity contribution in [3.63, 3.8) is 0 Å². The Kier molecular flexibility index (Phi) is 5.06. The average molecular weight is 355 g/mol. The van der Waals surface area contributed by atoms with Crippen molar-refractivity contribution in [2.45, 2.75) is 26.9 Å². The summed E-state index contributed by atoms with van der Waals surface area (Å²) >= 11 is 0. The summed E-state index contributed by atoms with van der Waals surface area (Å²) in [5.74, 6) is 0.337. The zero-order valence-electron chi connectivity index (χ0n) is 15.1. The molecule has 26 heavy (non-hydrogen) atoms. The highest BCUT2D eigenvalue weighted by Gasteiger charge is 2.19. The Hall–Kier alpha value is -3.09. The van der Waals surface area contributed by atoms with Crippen molar-refractivity contribution in [1.82, 2.24) is 14.7 Å². The van der Waals surface area contributed by atoms with Crippen molar-refractivity contribution in [1.29, 1.82) is 0 Å². The van der Waals surface area contributed by atoms with Crippen LogP contribution >= 0.6 is 0 Å². The van der Waals surface area contributed by atoms with Crippen LogP contribution in [-0.4, -0.2) is 34.2 Å². The maximum atomic E-state index is 12.9. The third-order valence-corrected chi connectivity index (χ3v) is 4.11. The highest BCUT2D eigenvalue weighted by molar-refractivity contribution is 6.05. The Morgan fingerprint density at radius 3 is 2.81 bits per heavy atom. The molecule has 3 aromatic rings. The lowest BCUT2D eigenvalue weighted by atomic mass is 10.1. The maximum Gasteiger partial charge on any atom is 0.337 e. The first-order chi connectivity index (χ1) is 12.5. The first kappa shape index (κ1) is 17.7. The summed E-state index contributed by atoms with van der Waals surface area (Å²) in [6.07, 6.45) is 1.71. The lowest BCUT2D eigenvalue weighted by Crippen LogP contribution is -2.28. The molecule has 0 bridgehead atoms. The van der Waals surface area contributed by atoms with Crippen molar-refractivity contribution in [2.24, 2.45) is 0 Å². The molecule has 0 unspecified atom stereocenters. The third kappa shape index (κ3) is 3.46. The fraction of sp³-hybridized carbons (Fsp3) is 0.316. The molecule has 1 amide bonds. The number of aromatic nitrogens is 2. The number of nitrogens with zero attached hydrogens (tertiary/aromatic N) is 3. The first-order valence-electron chi connectivity index (χ1n) is 8.50. The number of rotatable bonds is 6. The number of amides is 1. The number of carbonyl (C=O) groups excluding carboxylic acids is 1. The van der Waals surface area contributed by atoms with Gasteiger partial charge < -0.3 is 14.1 Å². The van der Waals surface area contributed by atoms with Gasteiger partial charge in [0.05, 0.1) is 24.4 Å². The van der Waals surface area contributed by atoms with Crippen LogP contribution in [0.15, 0.2) is 45.7 Å². The van der Waals surface area contributed by atoms with E-state index in [4.69, 9.17) is 9.15 Å². The van der Waals surface area contributed by atoms with Crippen LogP contribution in [0, 0.1) is 0 Å². The van der Waals surface area contributed by atoms with Gasteiger partial charge in [-0.2, -0.15) is 5.10 Å². The van der Waals surface area contributed by atoms with E-state index in [9.17, 15) is 9.59 Å². The van der Waals surface area contributed by atoms with Crippen LogP contribution < -0.4 is 10.4 Å². The SMILES string of the molecule is CCOc1ccc2c(C(=O)N(C)Cc3ccnn3CC)cc(=O)oc2c1. The summed E-state index contributed by atoms with van der Waals surface area (Å²) in [7, 11) is 1.70. The molecule has 0 aliphatic rings. The second kappa shape index (κ2) is 7.43. The topological polar surface area (TPSA) is 77.6 Å². The molecule has 0 N–H and O–H groups in total. The van der Waals surface area contributed by atoms with E-state index in [1.165, 1.54) is 6.07 Å². The third-order valence-electron chi connectivity index (χ3n) is 4.11. The van der Waals surface area contributed by atoms with Crippen LogP contribution in [0.2, 0.25) is 0 Å². The van der Waals surface area contributed by atoms with Crippen LogP contribution in [0.4, 0.5) is 0 Å². The summed E-state index contributed by atoms with van der Waals surface area (Å²) < 4.78 is 12.5. The number of aryl methyl sites for hydroxylation is 1. The standard InChI is InChI=1S/C19H21N3O4/c1-4-22-13(8-9-20-22)12-21(3)19(24)16-11-18(23)26-17-10-14(25-5-2)6-7-15(16)17/h6-11H,4-5,12H2,1-3H3. The minimum atomic E-state index is -0.568. The average Bonchev–Trinajstić information content (AvgIpc) is 3.07. The zero-order chi connectivity index (χ0) is 18.7. The van der Waals surface area contributed by atoms with Crippen molar-refractivity contribution in [3.05, 3.63) is 58.2 Å². The Bertz CT molecular complexity index is 990. The smallest absolute Gasteiger partial charge is 0.337 e. The summed E-state index contributed by atoms with van der Waals surface area (Å²) in [6.45, 7) is 5.48. The normalized spacial score (nSPS) is 10.9. The number of benzene rings is 1. The maximum absolute atomic E-state index is 12.9. The van der Waals surface area contributed by atoms with E-state index < -0.39 is 5.63 Å². The molecule has 7 nitrogen and oxygen atoms in total. The predicted octanol–water partition coefficient (Wildman–Crippen LogP) is 2.68. The van der Waals surface area contributed by atoms with Gasteiger partial charge in [-0.05, 0) is 32.0 Å². The quantitative estimate of drug-likeness (QED) is 0.635. The van der Waals surface area contributed by atoms with Gasteiger partial charge in [0, 0.05) is 37.3 Å². The minimum Gasteiger partial charge on any atom is -0.494 e. The Morgan fingerprint density at radius 1 is 1.27 bits per heavy atom. The number of fused-ring (bicyclic) bond motifs is 1. The molecular formula is C19H21N3O4. The van der Waals surface area contributed by atoms with E-state index in [0.29, 0.717) is 35.4 Å². The molecule has 3 rings (SSSR count). The Labute approximate surface area is 150 Å². The molecule has 136 valence electrons. The van der Waals surface area contributed by atoms with Crippen molar-refractivity contribution < 1.29 is 13.9 Å². The number of hydrogen-bond donors (Lipinski definition) is 0. The van der Waals surface area contributed by atoms with Gasteiger partial charge in [-0.3, -0.25) is 9.48 Å². The molecule has 0 aliphatic heterocycles. The molecule has 2 aromatic heterocycles. The highest BCUT2D eigenvalue weighted by Crippen LogP contribution is 2.24. The Balaban J connectivity index is 1.95. The van der Waals surface area contributed by atoms with E-state index in [-0.39, 0.29) is 5.91 Å². The van der Waals surface area contributed by atoms with Gasteiger partial charge in [-0.15, -0.1) is 0 Å². The largest absolute Gasteiger partial charge is 0.494 e. The number of carbonyl (C=O) groups is 1. The summed E-state index contributed by atoms with van der Waals surface area (Å²) in [6, 6.07) is 8.23. The lowest BCUT2D eigenvalue weighted by molar-refractivity contribution is 0.0783. The molecule has 7 heteroatoms. The van der Waals surface area contributed by atoms with Gasteiger partial charge in [0.15, 0.2) is 0 Å². The van der Waals surface area contributed by atoms with Crippen LogP contribution in [-0.2, 0) is 13.1 Å². The second-order valence-electron chi connectivity index (χ2n) is 5.87. The molecule has 2 heterocycles. The fourth-order valence-corrected chi connectivity index (χ4v) is 2.88. The highest BCUT2D eigenvalue weighted by atomic mass is 16.5. The van der Waals surface area contributed by atoms with Crippen LogP contribution in [0.1, 0.15) is 29.9 Å². The molecule has 0 fully saturated rings. The molecule has 0 radical (unpaired) electrons. The number of hydrogen-bond acceptors (Lipinski definition) is 5. The first-order valence-corrected chi connectivity index (χ1v) is 8.50. The molecule has 1 aromatic carbocycles. The van der Waals surface area contributed by atoms with Gasteiger partial charge in [0.1, 0.15) is 11.3 Å². The summed E-state index contributed by atoms with van der Waals surface area (Å²) in [5, 5.41) is 4.79. The van der Waals surface area contributed by atoms with Gasteiger partial charge in [-0.25, -0.2) is 4.79 Å². The van der Waals surface area contributed by atoms with Crippen molar-refractivity contribution >= 4 is 16.9 Å². The van der Waals surface area contributed by atoms with Gasteiger partial charge in [0.25, 0.3) is 5.91 Å². The number of ether oxygens (including phenoxy) is 1. The minimum absolute atomic E-state index is 0.254. The second-order valence-corrected chi connectivity index (χ2v) is 5.87. The summed E-state index contributed by atoms with van der Waals surface area (Å²) in [5.41, 5.74) is 0.999. The van der Waals surface area contributed by atoms with E-state index in [1.807, 2.05) is 24.6 Å². The molecule has 0 spiro atoms. The van der Waals surface area contributed by atoms with Crippen molar-refractivity contribution in [3.8, 4) is 5.75 Å². The molecule has 0 atom stereocenters. The van der Waals surface area contributed by atoms with Crippen LogP contribution in [0.25, 0.3) is 11.0 Å². The fourth-order valence-electron chi connectivity index (χ4n) is 2.88. The van der Waals surface area contributed by atoms with Gasteiger partial charge >= 0.3 is 5.63 Å². The predicted molar refractivity (Wildman–Crippen MR) is 97.4 cm³/mol. The van der Waals surface area contributed by atoms with E-state index in [0.717, 1.165) is 12.2 Å². The van der Waals surface area contributed by atoms with Crippen LogP contribution in [0.3, 0.4) is 0 Å². The monoisotopic (exact) mass is 355 g/mol. The zero-order valence-corrected chi connectivity index (χ0v) is 15.1. The van der Waals surface area contributed by atoms with Gasteiger partial charge in [0.2, 0.25) is 0 Å². The van der Waals surface area contributed by atoms with E-state index in [2.05, 4.69) is 5.10 Å². The van der Waals surface area contributed by atoms with E-state index >= 15 is 0 Å². The van der Waals surface area contributed by atoms with E-state index in [1.54, 1.807) is 36.3 Å². The molecule has 0 saturated heterocycles. The lowest BCUT2D eigenvalue weighted by Gasteiger charge is -2.18. The van der Waals surface area contributed by atoms with Gasteiger partial charge in [-0.1, -0.05) is 0 Å². The molecule has 0 saturated carbocycles.